The lowest BCUT2D eigenvalue weighted by Crippen LogP contribution is -2.14. The number of amides is 1. The van der Waals surface area contributed by atoms with Crippen molar-refractivity contribution in [2.24, 2.45) is 4.99 Å². The number of anilines is 1. The summed E-state index contributed by atoms with van der Waals surface area (Å²) in [5, 5.41) is 3.97. The highest BCUT2D eigenvalue weighted by Crippen LogP contribution is 2.31. The second-order valence-electron chi connectivity index (χ2n) is 5.74. The van der Waals surface area contributed by atoms with E-state index in [-0.39, 0.29) is 5.91 Å². The summed E-state index contributed by atoms with van der Waals surface area (Å²) in [5.41, 5.74) is 4.24. The maximum atomic E-state index is 12.6. The fourth-order valence-corrected chi connectivity index (χ4v) is 2.99. The summed E-state index contributed by atoms with van der Waals surface area (Å²) in [6.45, 7) is 0. The highest BCUT2D eigenvalue weighted by Gasteiger charge is 2.15. The minimum Gasteiger partial charge on any atom is -0.497 e. The largest absolute Gasteiger partial charge is 0.497 e. The Morgan fingerprint density at radius 2 is 2.17 bits per heavy atom. The van der Waals surface area contributed by atoms with Crippen LogP contribution in [0.3, 0.4) is 0 Å². The zero-order valence-electron chi connectivity index (χ0n) is 13.3. The van der Waals surface area contributed by atoms with Crippen LogP contribution in [0, 0.1) is 0 Å². The maximum absolute atomic E-state index is 12.6. The first-order valence-electron chi connectivity index (χ1n) is 7.87. The number of rotatable bonds is 3. The molecule has 0 unspecified atom stereocenters. The van der Waals surface area contributed by atoms with Gasteiger partial charge in [0.2, 0.25) is 0 Å². The third-order valence-corrected chi connectivity index (χ3v) is 4.23. The van der Waals surface area contributed by atoms with Crippen LogP contribution < -0.4 is 10.1 Å². The molecular formula is C19H17N3O2. The Hall–Kier alpha value is -3.08. The molecule has 3 aromatic rings. The summed E-state index contributed by atoms with van der Waals surface area (Å²) >= 11 is 0. The van der Waals surface area contributed by atoms with Crippen LogP contribution in [0.25, 0.3) is 10.9 Å². The van der Waals surface area contributed by atoms with E-state index in [1.165, 1.54) is 0 Å². The monoisotopic (exact) mass is 319 g/mol. The topological polar surface area (TPSA) is 66.5 Å². The van der Waals surface area contributed by atoms with E-state index in [4.69, 9.17) is 4.74 Å². The van der Waals surface area contributed by atoms with E-state index in [9.17, 15) is 4.79 Å². The third kappa shape index (κ3) is 2.54. The van der Waals surface area contributed by atoms with Gasteiger partial charge in [-0.3, -0.25) is 9.79 Å². The lowest BCUT2D eigenvalue weighted by Gasteiger charge is -2.15. The molecule has 0 radical (unpaired) electrons. The molecule has 2 N–H and O–H groups in total. The number of hydrogen-bond acceptors (Lipinski definition) is 3. The number of carbonyl (C=O) groups is 1. The number of carbonyl (C=O) groups excluding carboxylic acids is 1. The van der Waals surface area contributed by atoms with Gasteiger partial charge in [0.1, 0.15) is 11.4 Å². The molecule has 4 rings (SSSR count). The van der Waals surface area contributed by atoms with Crippen LogP contribution >= 0.6 is 0 Å². The van der Waals surface area contributed by atoms with Crippen molar-refractivity contribution >= 4 is 34.4 Å². The Bertz CT molecular complexity index is 956. The summed E-state index contributed by atoms with van der Waals surface area (Å²) in [4.78, 5) is 20.2. The molecule has 2 heterocycles. The van der Waals surface area contributed by atoms with Crippen LogP contribution in [0.4, 0.5) is 11.4 Å². The van der Waals surface area contributed by atoms with Gasteiger partial charge in [0.05, 0.1) is 12.8 Å². The zero-order chi connectivity index (χ0) is 16.5. The number of hydrogen-bond donors (Lipinski definition) is 2. The molecule has 0 saturated carbocycles. The van der Waals surface area contributed by atoms with Gasteiger partial charge >= 0.3 is 0 Å². The number of fused-ring (bicyclic) bond motifs is 2. The number of nitrogens with zero attached hydrogens (tertiary/aromatic N) is 1. The number of aromatic amines is 1. The standard InChI is InChI=1S/C19H17N3O2/c1-24-13-8-7-12-10-18(21-17(12)11-13)19(23)22-16-6-2-5-15-14(16)4-3-9-20-15/h2,5-11,21H,3-4H2,1H3,(H,22,23). The summed E-state index contributed by atoms with van der Waals surface area (Å²) in [5.74, 6) is 0.597. The first-order valence-corrected chi connectivity index (χ1v) is 7.87. The Kier molecular flexibility index (Phi) is 3.54. The summed E-state index contributed by atoms with van der Waals surface area (Å²) < 4.78 is 5.22. The number of aliphatic imine (C=N–C) groups is 1. The van der Waals surface area contributed by atoms with Gasteiger partial charge in [-0.25, -0.2) is 0 Å². The van der Waals surface area contributed by atoms with Crippen LogP contribution in [0.5, 0.6) is 5.75 Å². The number of H-pyrrole nitrogens is 1. The van der Waals surface area contributed by atoms with E-state index in [1.807, 2.05) is 48.7 Å². The predicted molar refractivity (Wildman–Crippen MR) is 95.7 cm³/mol. The molecule has 0 fully saturated rings. The molecule has 1 aliphatic rings. The SMILES string of the molecule is COc1ccc2cc(C(=O)Nc3cccc4c3CCC=N4)[nH]c2c1. The van der Waals surface area contributed by atoms with Crippen LogP contribution in [-0.4, -0.2) is 24.2 Å². The van der Waals surface area contributed by atoms with Crippen LogP contribution in [0.1, 0.15) is 22.5 Å². The lowest BCUT2D eigenvalue weighted by atomic mass is 10.0. The molecule has 5 nitrogen and oxygen atoms in total. The van der Waals surface area contributed by atoms with Gasteiger partial charge in [-0.2, -0.15) is 0 Å². The fourth-order valence-electron chi connectivity index (χ4n) is 2.99. The van der Waals surface area contributed by atoms with Crippen molar-refractivity contribution < 1.29 is 9.53 Å². The minimum absolute atomic E-state index is 0.159. The average molecular weight is 319 g/mol. The molecule has 24 heavy (non-hydrogen) atoms. The highest BCUT2D eigenvalue weighted by atomic mass is 16.5. The molecule has 1 aromatic heterocycles. The van der Waals surface area contributed by atoms with E-state index >= 15 is 0 Å². The molecule has 5 heteroatoms. The van der Waals surface area contributed by atoms with Gasteiger partial charge in [0.25, 0.3) is 5.91 Å². The second-order valence-corrected chi connectivity index (χ2v) is 5.74. The molecule has 0 atom stereocenters. The van der Waals surface area contributed by atoms with E-state index < -0.39 is 0 Å². The molecule has 1 amide bonds. The number of nitrogens with one attached hydrogen (secondary N) is 2. The van der Waals surface area contributed by atoms with Crippen molar-refractivity contribution in [3.05, 3.63) is 53.7 Å². The molecule has 0 spiro atoms. The minimum atomic E-state index is -0.159. The molecule has 0 aliphatic carbocycles. The first kappa shape index (κ1) is 14.5. The van der Waals surface area contributed by atoms with Gasteiger partial charge in [0, 0.05) is 34.4 Å². The summed E-state index contributed by atoms with van der Waals surface area (Å²) in [6.07, 6.45) is 3.70. The molecular weight excluding hydrogens is 302 g/mol. The Morgan fingerprint density at radius 3 is 3.04 bits per heavy atom. The smallest absolute Gasteiger partial charge is 0.272 e. The third-order valence-electron chi connectivity index (χ3n) is 4.23. The van der Waals surface area contributed by atoms with Crippen LogP contribution in [-0.2, 0) is 6.42 Å². The van der Waals surface area contributed by atoms with Crippen molar-refractivity contribution in [3.63, 3.8) is 0 Å². The van der Waals surface area contributed by atoms with Crippen molar-refractivity contribution in [1.29, 1.82) is 0 Å². The number of aromatic nitrogens is 1. The van der Waals surface area contributed by atoms with E-state index in [2.05, 4.69) is 15.3 Å². The van der Waals surface area contributed by atoms with Gasteiger partial charge in [-0.05, 0) is 43.2 Å². The van der Waals surface area contributed by atoms with Crippen molar-refractivity contribution in [3.8, 4) is 5.75 Å². The highest BCUT2D eigenvalue weighted by molar-refractivity contribution is 6.06. The summed E-state index contributed by atoms with van der Waals surface area (Å²) in [7, 11) is 1.62. The number of ether oxygens (including phenoxy) is 1. The number of methoxy groups -OCH3 is 1. The van der Waals surface area contributed by atoms with E-state index in [1.54, 1.807) is 7.11 Å². The lowest BCUT2D eigenvalue weighted by molar-refractivity contribution is 0.102. The molecule has 1 aliphatic heterocycles. The normalized spacial score (nSPS) is 12.9. The van der Waals surface area contributed by atoms with E-state index in [0.717, 1.165) is 46.4 Å². The zero-order valence-corrected chi connectivity index (χ0v) is 13.3. The maximum Gasteiger partial charge on any atom is 0.272 e. The Balaban J connectivity index is 1.64. The van der Waals surface area contributed by atoms with Gasteiger partial charge in [-0.15, -0.1) is 0 Å². The quantitative estimate of drug-likeness (QED) is 0.764. The Morgan fingerprint density at radius 1 is 1.25 bits per heavy atom. The van der Waals surface area contributed by atoms with Gasteiger partial charge < -0.3 is 15.0 Å². The fraction of sp³-hybridized carbons (Fsp3) is 0.158. The molecule has 2 aromatic carbocycles. The second kappa shape index (κ2) is 5.85. The number of benzene rings is 2. The molecule has 120 valence electrons. The van der Waals surface area contributed by atoms with Crippen molar-refractivity contribution in [2.45, 2.75) is 12.8 Å². The van der Waals surface area contributed by atoms with Crippen molar-refractivity contribution in [2.75, 3.05) is 12.4 Å². The summed E-state index contributed by atoms with van der Waals surface area (Å²) in [6, 6.07) is 13.3. The van der Waals surface area contributed by atoms with Crippen LogP contribution in [0.2, 0.25) is 0 Å². The Labute approximate surface area is 139 Å². The molecule has 0 saturated heterocycles. The van der Waals surface area contributed by atoms with Crippen molar-refractivity contribution in [1.82, 2.24) is 4.98 Å². The average Bonchev–Trinajstić information content (AvgIpc) is 3.05. The predicted octanol–water partition coefficient (Wildman–Crippen LogP) is 4.08. The first-order chi connectivity index (χ1) is 11.7. The van der Waals surface area contributed by atoms with Gasteiger partial charge in [0.15, 0.2) is 0 Å². The van der Waals surface area contributed by atoms with Gasteiger partial charge in [-0.1, -0.05) is 6.07 Å². The van der Waals surface area contributed by atoms with E-state index in [0.29, 0.717) is 5.69 Å². The molecule has 0 bridgehead atoms. The van der Waals surface area contributed by atoms with Crippen LogP contribution in [0.15, 0.2) is 47.5 Å².